The lowest BCUT2D eigenvalue weighted by molar-refractivity contribution is -0.120. The van der Waals surface area contributed by atoms with E-state index in [1.54, 1.807) is 0 Å². The minimum absolute atomic E-state index is 0.0145. The summed E-state index contributed by atoms with van der Waals surface area (Å²) in [6, 6.07) is 22.4. The van der Waals surface area contributed by atoms with E-state index < -0.39 is 5.92 Å². The topological polar surface area (TPSA) is 59.2 Å². The van der Waals surface area contributed by atoms with Gasteiger partial charge < -0.3 is 10.6 Å². The molecule has 4 nitrogen and oxygen atoms in total. The quantitative estimate of drug-likeness (QED) is 0.615. The van der Waals surface area contributed by atoms with Gasteiger partial charge in [-0.15, -0.1) is 0 Å². The van der Waals surface area contributed by atoms with Crippen LogP contribution in [0.25, 0.3) is 10.9 Å². The Morgan fingerprint density at radius 1 is 0.900 bits per heavy atom. The Morgan fingerprint density at radius 3 is 2.33 bits per heavy atom. The van der Waals surface area contributed by atoms with Crippen molar-refractivity contribution in [2.75, 3.05) is 19.6 Å². The molecule has 0 bridgehead atoms. The van der Waals surface area contributed by atoms with Crippen molar-refractivity contribution in [3.63, 3.8) is 0 Å². The average Bonchev–Trinajstić information content (AvgIpc) is 3.05. The Bertz CT molecular complexity index is 964. The fourth-order valence-corrected chi connectivity index (χ4v) is 4.71. The zero-order valence-electron chi connectivity index (χ0n) is 17.5. The lowest BCUT2D eigenvalue weighted by atomic mass is 9.80. The number of carbonyl (C=O) groups excluding carboxylic acids is 1. The van der Waals surface area contributed by atoms with Crippen LogP contribution < -0.4 is 5.73 Å². The molecule has 0 spiro atoms. The van der Waals surface area contributed by atoms with Crippen LogP contribution in [0.3, 0.4) is 0 Å². The van der Waals surface area contributed by atoms with Gasteiger partial charge in [0.15, 0.2) is 0 Å². The molecule has 2 aromatic carbocycles. The largest absolute Gasteiger partial charge is 0.369 e. The first-order valence-corrected chi connectivity index (χ1v) is 11.1. The van der Waals surface area contributed by atoms with Crippen molar-refractivity contribution in [1.29, 1.82) is 0 Å². The van der Waals surface area contributed by atoms with Crippen LogP contribution in [0.2, 0.25) is 0 Å². The monoisotopic (exact) mass is 401 g/mol. The number of hydrogen-bond donors (Lipinski definition) is 1. The molecule has 1 amide bonds. The lowest BCUT2D eigenvalue weighted by Crippen LogP contribution is -2.32. The second-order valence-corrected chi connectivity index (χ2v) is 8.37. The summed E-state index contributed by atoms with van der Waals surface area (Å²) < 4.78 is 0. The first kappa shape index (κ1) is 20.5. The van der Waals surface area contributed by atoms with E-state index in [-0.39, 0.29) is 11.8 Å². The molecule has 30 heavy (non-hydrogen) atoms. The van der Waals surface area contributed by atoms with Gasteiger partial charge >= 0.3 is 0 Å². The number of rotatable bonds is 7. The summed E-state index contributed by atoms with van der Waals surface area (Å²) in [6.07, 6.45) is 6.07. The minimum Gasteiger partial charge on any atom is -0.369 e. The second kappa shape index (κ2) is 9.86. The SMILES string of the molecule is NC(=O)C(c1ccc2ccccc2n1)C(CCN1CCCCCC1)c1ccccc1. The molecule has 0 radical (unpaired) electrons. The molecule has 156 valence electrons. The summed E-state index contributed by atoms with van der Waals surface area (Å²) in [4.78, 5) is 20.1. The van der Waals surface area contributed by atoms with E-state index in [1.165, 1.54) is 25.7 Å². The van der Waals surface area contributed by atoms with Crippen molar-refractivity contribution in [3.8, 4) is 0 Å². The molecule has 2 N–H and O–H groups in total. The number of amides is 1. The number of benzene rings is 2. The Hall–Kier alpha value is -2.72. The molecule has 0 aliphatic carbocycles. The molecular weight excluding hydrogens is 370 g/mol. The highest BCUT2D eigenvalue weighted by Crippen LogP contribution is 2.36. The first-order chi connectivity index (χ1) is 14.7. The van der Waals surface area contributed by atoms with Crippen LogP contribution in [0.1, 0.15) is 55.2 Å². The number of para-hydroxylation sites is 1. The summed E-state index contributed by atoms with van der Waals surface area (Å²) in [5.41, 5.74) is 8.82. The molecule has 2 heterocycles. The third kappa shape index (κ3) is 4.88. The number of likely N-dealkylation sites (tertiary alicyclic amines) is 1. The number of nitrogens with two attached hydrogens (primary N) is 1. The van der Waals surface area contributed by atoms with E-state index in [1.807, 2.05) is 54.6 Å². The number of hydrogen-bond acceptors (Lipinski definition) is 3. The van der Waals surface area contributed by atoms with Gasteiger partial charge in [-0.3, -0.25) is 9.78 Å². The summed E-state index contributed by atoms with van der Waals surface area (Å²) in [5, 5.41) is 1.07. The minimum atomic E-state index is -0.441. The standard InChI is InChI=1S/C26H31N3O/c27-26(30)25(24-15-14-21-12-6-7-13-23(21)28-24)22(20-10-4-3-5-11-20)16-19-29-17-8-1-2-9-18-29/h3-7,10-15,22,25H,1-2,8-9,16-19H2,(H2,27,30). The highest BCUT2D eigenvalue weighted by molar-refractivity contribution is 5.84. The van der Waals surface area contributed by atoms with Crippen LogP contribution in [0.15, 0.2) is 66.7 Å². The van der Waals surface area contributed by atoms with Crippen LogP contribution in [0, 0.1) is 0 Å². The molecule has 0 saturated carbocycles. The van der Waals surface area contributed by atoms with Crippen LogP contribution in [0.4, 0.5) is 0 Å². The fourth-order valence-electron chi connectivity index (χ4n) is 4.71. The van der Waals surface area contributed by atoms with E-state index in [0.717, 1.165) is 48.2 Å². The van der Waals surface area contributed by atoms with Crippen molar-refractivity contribution < 1.29 is 4.79 Å². The first-order valence-electron chi connectivity index (χ1n) is 11.1. The highest BCUT2D eigenvalue weighted by atomic mass is 16.1. The smallest absolute Gasteiger partial charge is 0.227 e. The van der Waals surface area contributed by atoms with E-state index in [4.69, 9.17) is 10.7 Å². The third-order valence-electron chi connectivity index (χ3n) is 6.33. The van der Waals surface area contributed by atoms with E-state index in [9.17, 15) is 4.79 Å². The van der Waals surface area contributed by atoms with Crippen LogP contribution in [-0.4, -0.2) is 35.4 Å². The molecular formula is C26H31N3O. The van der Waals surface area contributed by atoms with Gasteiger partial charge in [0, 0.05) is 11.3 Å². The molecule has 1 aromatic heterocycles. The van der Waals surface area contributed by atoms with Crippen LogP contribution in [-0.2, 0) is 4.79 Å². The van der Waals surface area contributed by atoms with Crippen LogP contribution in [0.5, 0.6) is 0 Å². The van der Waals surface area contributed by atoms with E-state index >= 15 is 0 Å². The van der Waals surface area contributed by atoms with Crippen molar-refractivity contribution in [2.24, 2.45) is 5.73 Å². The molecule has 4 heteroatoms. The van der Waals surface area contributed by atoms with Gasteiger partial charge in [0.25, 0.3) is 0 Å². The summed E-state index contributed by atoms with van der Waals surface area (Å²) in [7, 11) is 0. The average molecular weight is 402 g/mol. The summed E-state index contributed by atoms with van der Waals surface area (Å²) in [6.45, 7) is 3.28. The number of fused-ring (bicyclic) bond motifs is 1. The Morgan fingerprint density at radius 2 is 1.60 bits per heavy atom. The van der Waals surface area contributed by atoms with Gasteiger partial charge in [-0.25, -0.2) is 0 Å². The molecule has 2 atom stereocenters. The van der Waals surface area contributed by atoms with E-state index in [2.05, 4.69) is 17.0 Å². The Kier molecular flexibility index (Phi) is 6.75. The molecule has 1 saturated heterocycles. The normalized spacial score (nSPS) is 17.3. The number of primary amides is 1. The van der Waals surface area contributed by atoms with Crippen molar-refractivity contribution in [2.45, 2.75) is 43.9 Å². The van der Waals surface area contributed by atoms with Crippen molar-refractivity contribution >= 4 is 16.8 Å². The Balaban J connectivity index is 1.65. The second-order valence-electron chi connectivity index (χ2n) is 8.37. The fraction of sp³-hybridized carbons (Fsp3) is 0.385. The number of pyridine rings is 1. The van der Waals surface area contributed by atoms with Crippen molar-refractivity contribution in [3.05, 3.63) is 78.0 Å². The molecule has 1 aliphatic heterocycles. The predicted octanol–water partition coefficient (Wildman–Crippen LogP) is 4.85. The predicted molar refractivity (Wildman–Crippen MR) is 122 cm³/mol. The zero-order chi connectivity index (χ0) is 20.8. The number of nitrogens with zero attached hydrogens (tertiary/aromatic N) is 2. The molecule has 1 fully saturated rings. The number of aromatic nitrogens is 1. The summed E-state index contributed by atoms with van der Waals surface area (Å²) >= 11 is 0. The van der Waals surface area contributed by atoms with Gasteiger partial charge in [0.2, 0.25) is 5.91 Å². The van der Waals surface area contributed by atoms with Crippen LogP contribution >= 0.6 is 0 Å². The maximum absolute atomic E-state index is 12.7. The maximum atomic E-state index is 12.7. The molecule has 3 aromatic rings. The van der Waals surface area contributed by atoms with Gasteiger partial charge in [-0.05, 0) is 56.6 Å². The van der Waals surface area contributed by atoms with Gasteiger partial charge in [0.05, 0.1) is 17.1 Å². The van der Waals surface area contributed by atoms with Gasteiger partial charge in [-0.2, -0.15) is 0 Å². The van der Waals surface area contributed by atoms with E-state index in [0.29, 0.717) is 0 Å². The van der Waals surface area contributed by atoms with Gasteiger partial charge in [0.1, 0.15) is 0 Å². The van der Waals surface area contributed by atoms with Crippen molar-refractivity contribution in [1.82, 2.24) is 9.88 Å². The maximum Gasteiger partial charge on any atom is 0.227 e. The van der Waals surface area contributed by atoms with Gasteiger partial charge in [-0.1, -0.05) is 67.4 Å². The highest BCUT2D eigenvalue weighted by Gasteiger charge is 2.31. The number of carbonyl (C=O) groups is 1. The molecule has 1 aliphatic rings. The lowest BCUT2D eigenvalue weighted by Gasteiger charge is -2.28. The zero-order valence-corrected chi connectivity index (χ0v) is 17.5. The third-order valence-corrected chi connectivity index (χ3v) is 6.33. The Labute approximate surface area is 179 Å². The molecule has 2 unspecified atom stereocenters. The summed E-state index contributed by atoms with van der Waals surface area (Å²) in [5.74, 6) is -0.730. The molecule has 4 rings (SSSR count).